The molecular weight excluding hydrogens is 326 g/mol. The Balaban J connectivity index is 1.89. The van der Waals surface area contributed by atoms with E-state index in [0.29, 0.717) is 22.9 Å². The summed E-state index contributed by atoms with van der Waals surface area (Å²) in [6.45, 7) is 5.62. The van der Waals surface area contributed by atoms with E-state index < -0.39 is 0 Å². The van der Waals surface area contributed by atoms with E-state index in [2.05, 4.69) is 20.4 Å². The van der Waals surface area contributed by atoms with Crippen LogP contribution >= 0.6 is 11.6 Å². The number of benzene rings is 1. The maximum absolute atomic E-state index is 12.6. The first-order valence-electron chi connectivity index (χ1n) is 7.76. The quantitative estimate of drug-likeness (QED) is 0.786. The van der Waals surface area contributed by atoms with Gasteiger partial charge in [-0.15, -0.1) is 5.10 Å². The second kappa shape index (κ2) is 6.57. The fraction of sp³-hybridized carbons (Fsp3) is 0.294. The maximum atomic E-state index is 12.6. The van der Waals surface area contributed by atoms with Crippen molar-refractivity contribution in [3.05, 3.63) is 52.3 Å². The van der Waals surface area contributed by atoms with Gasteiger partial charge in [0.2, 0.25) is 5.91 Å². The molecule has 0 unspecified atom stereocenters. The second-order valence-electron chi connectivity index (χ2n) is 5.60. The molecule has 124 valence electrons. The van der Waals surface area contributed by atoms with E-state index in [4.69, 9.17) is 11.6 Å². The highest BCUT2D eigenvalue weighted by Crippen LogP contribution is 2.22. The van der Waals surface area contributed by atoms with Gasteiger partial charge in [-0.3, -0.25) is 10.1 Å². The number of hydrogen-bond donors (Lipinski definition) is 1. The van der Waals surface area contributed by atoms with E-state index in [1.54, 1.807) is 0 Å². The highest BCUT2D eigenvalue weighted by atomic mass is 35.5. The SMILES string of the molecule is CC[C@H](C(=O)Nc1nc2nc(C)c(Cl)c(C)n2n1)c1ccccc1. The van der Waals surface area contributed by atoms with Gasteiger partial charge in [0, 0.05) is 0 Å². The minimum absolute atomic E-state index is 0.139. The van der Waals surface area contributed by atoms with Crippen LogP contribution in [0, 0.1) is 13.8 Å². The molecule has 0 saturated carbocycles. The molecule has 2 aromatic heterocycles. The van der Waals surface area contributed by atoms with Crippen LogP contribution in [-0.2, 0) is 4.79 Å². The Morgan fingerprint density at radius 2 is 1.96 bits per heavy atom. The number of rotatable bonds is 4. The van der Waals surface area contributed by atoms with Gasteiger partial charge < -0.3 is 0 Å². The van der Waals surface area contributed by atoms with E-state index in [1.807, 2.05) is 51.1 Å². The number of halogens is 1. The van der Waals surface area contributed by atoms with Crippen LogP contribution in [0.2, 0.25) is 5.02 Å². The maximum Gasteiger partial charge on any atom is 0.254 e. The normalized spacial score (nSPS) is 12.3. The van der Waals surface area contributed by atoms with Gasteiger partial charge in [-0.1, -0.05) is 48.9 Å². The van der Waals surface area contributed by atoms with Gasteiger partial charge in [-0.05, 0) is 25.8 Å². The summed E-state index contributed by atoms with van der Waals surface area (Å²) in [7, 11) is 0. The van der Waals surface area contributed by atoms with E-state index in [-0.39, 0.29) is 17.8 Å². The number of carbonyl (C=O) groups excluding carboxylic acids is 1. The van der Waals surface area contributed by atoms with E-state index in [1.165, 1.54) is 4.52 Å². The third kappa shape index (κ3) is 2.97. The minimum atomic E-state index is -0.253. The Morgan fingerprint density at radius 1 is 1.25 bits per heavy atom. The van der Waals surface area contributed by atoms with Crippen molar-refractivity contribution in [1.82, 2.24) is 19.6 Å². The van der Waals surface area contributed by atoms with Gasteiger partial charge in [0.15, 0.2) is 0 Å². The summed E-state index contributed by atoms with van der Waals surface area (Å²) in [6.07, 6.45) is 0.686. The summed E-state index contributed by atoms with van der Waals surface area (Å²) in [6, 6.07) is 9.66. The standard InChI is InChI=1S/C17H18ClN5O/c1-4-13(12-8-6-5-7-9-12)15(24)20-16-21-17-19-10(2)14(18)11(3)23(17)22-16/h5-9,13H,4H2,1-3H3,(H,20,22,24)/t13-/m0/s1. The number of amides is 1. The van der Waals surface area contributed by atoms with Gasteiger partial charge in [0.25, 0.3) is 11.7 Å². The molecule has 6 nitrogen and oxygen atoms in total. The molecule has 0 aliphatic heterocycles. The summed E-state index contributed by atoms with van der Waals surface area (Å²) in [4.78, 5) is 21.2. The molecule has 0 bridgehead atoms. The molecule has 0 fully saturated rings. The molecule has 3 rings (SSSR count). The average Bonchev–Trinajstić information content (AvgIpc) is 2.97. The van der Waals surface area contributed by atoms with Gasteiger partial charge in [-0.2, -0.15) is 9.50 Å². The zero-order chi connectivity index (χ0) is 17.3. The molecule has 1 amide bonds. The van der Waals surface area contributed by atoms with Crippen LogP contribution in [0.1, 0.15) is 36.2 Å². The number of anilines is 1. The van der Waals surface area contributed by atoms with Gasteiger partial charge >= 0.3 is 0 Å². The van der Waals surface area contributed by atoms with Crippen molar-refractivity contribution in [2.24, 2.45) is 0 Å². The third-order valence-electron chi connectivity index (χ3n) is 3.97. The Bertz CT molecular complexity index is 891. The fourth-order valence-corrected chi connectivity index (χ4v) is 2.79. The average molecular weight is 344 g/mol. The van der Waals surface area contributed by atoms with Crippen molar-refractivity contribution in [3.63, 3.8) is 0 Å². The Morgan fingerprint density at radius 3 is 2.62 bits per heavy atom. The lowest BCUT2D eigenvalue weighted by atomic mass is 9.96. The Labute approximate surface area is 144 Å². The molecule has 0 spiro atoms. The van der Waals surface area contributed by atoms with E-state index >= 15 is 0 Å². The zero-order valence-corrected chi connectivity index (χ0v) is 14.5. The van der Waals surface area contributed by atoms with Crippen LogP contribution in [0.4, 0.5) is 5.95 Å². The van der Waals surface area contributed by atoms with Gasteiger partial charge in [0.05, 0.1) is 22.3 Å². The van der Waals surface area contributed by atoms with Crippen LogP contribution < -0.4 is 5.32 Å². The predicted octanol–water partition coefficient (Wildman–Crippen LogP) is 3.53. The number of hydrogen-bond acceptors (Lipinski definition) is 4. The Kier molecular flexibility index (Phi) is 4.49. The van der Waals surface area contributed by atoms with Crippen LogP contribution in [0.15, 0.2) is 30.3 Å². The van der Waals surface area contributed by atoms with Crippen molar-refractivity contribution in [1.29, 1.82) is 0 Å². The van der Waals surface area contributed by atoms with Crippen molar-refractivity contribution < 1.29 is 4.79 Å². The third-order valence-corrected chi connectivity index (χ3v) is 4.52. The lowest BCUT2D eigenvalue weighted by Gasteiger charge is -2.13. The fourth-order valence-electron chi connectivity index (χ4n) is 2.66. The smallest absolute Gasteiger partial charge is 0.254 e. The van der Waals surface area contributed by atoms with Crippen molar-refractivity contribution in [3.8, 4) is 0 Å². The lowest BCUT2D eigenvalue weighted by molar-refractivity contribution is -0.117. The first-order chi connectivity index (χ1) is 11.5. The number of fused-ring (bicyclic) bond motifs is 1. The summed E-state index contributed by atoms with van der Waals surface area (Å²) < 4.78 is 1.54. The molecular formula is C17H18ClN5O. The molecule has 2 heterocycles. The first-order valence-corrected chi connectivity index (χ1v) is 8.14. The summed E-state index contributed by atoms with van der Waals surface area (Å²) >= 11 is 6.19. The van der Waals surface area contributed by atoms with Crippen molar-refractivity contribution in [2.45, 2.75) is 33.1 Å². The monoisotopic (exact) mass is 343 g/mol. The first kappa shape index (κ1) is 16.4. The molecule has 0 aliphatic rings. The lowest BCUT2D eigenvalue weighted by Crippen LogP contribution is -2.21. The number of aromatic nitrogens is 4. The molecule has 7 heteroatoms. The largest absolute Gasteiger partial charge is 0.293 e. The Hall–Kier alpha value is -2.47. The summed E-state index contributed by atoms with van der Waals surface area (Å²) in [5.41, 5.74) is 2.39. The number of aryl methyl sites for hydroxylation is 2. The summed E-state index contributed by atoms with van der Waals surface area (Å²) in [5.74, 6) is 0.251. The van der Waals surface area contributed by atoms with Crippen LogP contribution in [0.25, 0.3) is 5.78 Å². The van der Waals surface area contributed by atoms with E-state index in [0.717, 1.165) is 11.3 Å². The second-order valence-corrected chi connectivity index (χ2v) is 5.98. The number of nitrogens with one attached hydrogen (secondary N) is 1. The van der Waals surface area contributed by atoms with Crippen LogP contribution in [0.5, 0.6) is 0 Å². The van der Waals surface area contributed by atoms with Crippen LogP contribution in [-0.4, -0.2) is 25.5 Å². The molecule has 1 atom stereocenters. The minimum Gasteiger partial charge on any atom is -0.293 e. The highest BCUT2D eigenvalue weighted by Gasteiger charge is 2.21. The van der Waals surface area contributed by atoms with Gasteiger partial charge in [-0.25, -0.2) is 4.98 Å². The van der Waals surface area contributed by atoms with Crippen molar-refractivity contribution >= 4 is 29.2 Å². The molecule has 3 aromatic rings. The summed E-state index contributed by atoms with van der Waals surface area (Å²) in [5, 5.41) is 7.62. The molecule has 0 saturated heterocycles. The van der Waals surface area contributed by atoms with E-state index in [9.17, 15) is 4.79 Å². The number of carbonyl (C=O) groups is 1. The molecule has 1 N–H and O–H groups in total. The predicted molar refractivity (Wildman–Crippen MR) is 93.4 cm³/mol. The molecule has 24 heavy (non-hydrogen) atoms. The van der Waals surface area contributed by atoms with Crippen LogP contribution in [0.3, 0.4) is 0 Å². The molecule has 1 aromatic carbocycles. The molecule has 0 aliphatic carbocycles. The highest BCUT2D eigenvalue weighted by molar-refractivity contribution is 6.31. The van der Waals surface area contributed by atoms with Gasteiger partial charge in [0.1, 0.15) is 0 Å². The molecule has 0 radical (unpaired) electrons. The number of nitrogens with zero attached hydrogens (tertiary/aromatic N) is 4. The van der Waals surface area contributed by atoms with Crippen molar-refractivity contribution in [2.75, 3.05) is 5.32 Å². The zero-order valence-electron chi connectivity index (χ0n) is 13.7. The topological polar surface area (TPSA) is 72.2 Å².